The van der Waals surface area contributed by atoms with Crippen molar-refractivity contribution in [3.63, 3.8) is 0 Å². The number of carbonyl (C=O) groups is 2. The fourth-order valence-electron chi connectivity index (χ4n) is 3.79. The molecule has 2 aliphatic rings. The third kappa shape index (κ3) is 3.34. The normalized spacial score (nSPS) is 22.4. The zero-order valence-electron chi connectivity index (χ0n) is 15.4. The summed E-state index contributed by atoms with van der Waals surface area (Å²) in [5.74, 6) is -1.01. The summed E-state index contributed by atoms with van der Waals surface area (Å²) in [4.78, 5) is 27.5. The van der Waals surface area contributed by atoms with E-state index in [4.69, 9.17) is 20.8 Å². The summed E-state index contributed by atoms with van der Waals surface area (Å²) in [6.07, 6.45) is 1.62. The lowest BCUT2D eigenvalue weighted by atomic mass is 9.95. The van der Waals surface area contributed by atoms with E-state index in [9.17, 15) is 14.7 Å². The van der Waals surface area contributed by atoms with Gasteiger partial charge in [0.05, 0.1) is 17.7 Å². The number of carbonyl (C=O) groups excluding carboxylic acids is 2. The Morgan fingerprint density at radius 3 is 2.79 bits per heavy atom. The SMILES string of the molecule is Cc1ccc(C(=O)C2=C(O)C(=O)N(C[C@@H]3CCCO3)[C@@H]2c2cccc(Cl)c2)o1. The monoisotopic (exact) mass is 401 g/mol. The van der Waals surface area contributed by atoms with Gasteiger partial charge in [0.25, 0.3) is 5.91 Å². The number of benzene rings is 1. The molecule has 1 N–H and O–H groups in total. The summed E-state index contributed by atoms with van der Waals surface area (Å²) in [6, 6.07) is 9.40. The van der Waals surface area contributed by atoms with Gasteiger partial charge in [0.2, 0.25) is 5.78 Å². The Bertz CT molecular complexity index is 957. The Morgan fingerprint density at radius 1 is 1.32 bits per heavy atom. The molecule has 146 valence electrons. The molecular formula is C21H20ClNO5. The zero-order valence-corrected chi connectivity index (χ0v) is 16.1. The van der Waals surface area contributed by atoms with Gasteiger partial charge in [-0.3, -0.25) is 9.59 Å². The smallest absolute Gasteiger partial charge is 0.290 e. The fraction of sp³-hybridized carbons (Fsp3) is 0.333. The molecule has 7 heteroatoms. The Kier molecular flexibility index (Phi) is 5.00. The number of aliphatic hydroxyl groups is 1. The number of furan rings is 1. The van der Waals surface area contributed by atoms with Crippen LogP contribution in [0.4, 0.5) is 0 Å². The third-order valence-corrected chi connectivity index (χ3v) is 5.34. The number of amides is 1. The van der Waals surface area contributed by atoms with Crippen molar-refractivity contribution in [1.82, 2.24) is 4.90 Å². The van der Waals surface area contributed by atoms with Crippen molar-refractivity contribution in [2.24, 2.45) is 0 Å². The maximum absolute atomic E-state index is 13.1. The average Bonchev–Trinajstić information content (AvgIpc) is 3.38. The van der Waals surface area contributed by atoms with Gasteiger partial charge < -0.3 is 19.2 Å². The van der Waals surface area contributed by atoms with E-state index in [0.717, 1.165) is 12.8 Å². The molecule has 1 aromatic heterocycles. The van der Waals surface area contributed by atoms with Crippen molar-refractivity contribution >= 4 is 23.3 Å². The first-order valence-corrected chi connectivity index (χ1v) is 9.56. The molecular weight excluding hydrogens is 382 g/mol. The highest BCUT2D eigenvalue weighted by molar-refractivity contribution is 6.30. The third-order valence-electron chi connectivity index (χ3n) is 5.10. The molecule has 6 nitrogen and oxygen atoms in total. The first-order chi connectivity index (χ1) is 13.5. The first kappa shape index (κ1) is 18.8. The van der Waals surface area contributed by atoms with Crippen LogP contribution < -0.4 is 0 Å². The van der Waals surface area contributed by atoms with Crippen LogP contribution in [0.5, 0.6) is 0 Å². The number of halogens is 1. The number of rotatable bonds is 5. The van der Waals surface area contributed by atoms with Crippen molar-refractivity contribution in [2.75, 3.05) is 13.2 Å². The van der Waals surface area contributed by atoms with Crippen LogP contribution in [0.2, 0.25) is 5.02 Å². The summed E-state index contributed by atoms with van der Waals surface area (Å²) in [6.45, 7) is 2.66. The predicted molar refractivity (Wildman–Crippen MR) is 102 cm³/mol. The van der Waals surface area contributed by atoms with Gasteiger partial charge >= 0.3 is 0 Å². The molecule has 0 spiro atoms. The van der Waals surface area contributed by atoms with Crippen LogP contribution in [0.25, 0.3) is 0 Å². The maximum Gasteiger partial charge on any atom is 0.290 e. The highest BCUT2D eigenvalue weighted by atomic mass is 35.5. The highest BCUT2D eigenvalue weighted by Gasteiger charge is 2.45. The molecule has 4 rings (SSSR count). The second-order valence-electron chi connectivity index (χ2n) is 7.05. The van der Waals surface area contributed by atoms with Gasteiger partial charge in [-0.05, 0) is 49.6 Å². The Balaban J connectivity index is 1.77. The minimum absolute atomic E-state index is 0.000358. The van der Waals surface area contributed by atoms with Crippen molar-refractivity contribution in [1.29, 1.82) is 0 Å². The standard InChI is InChI=1S/C21H20ClNO5/c1-12-7-8-16(28-12)19(24)17-18(13-4-2-5-14(22)10-13)23(21(26)20(17)25)11-15-6-3-9-27-15/h2,4-5,7-8,10,15,18,25H,3,6,9,11H2,1H3/t15-,18+/m0/s1. The number of Topliss-reactive ketones (excluding diaryl/α,β-unsaturated/α-hetero) is 1. The second-order valence-corrected chi connectivity index (χ2v) is 7.49. The van der Waals surface area contributed by atoms with Crippen molar-refractivity contribution in [3.05, 3.63) is 69.8 Å². The van der Waals surface area contributed by atoms with Crippen molar-refractivity contribution in [2.45, 2.75) is 31.9 Å². The van der Waals surface area contributed by atoms with E-state index in [1.807, 2.05) is 0 Å². The molecule has 1 saturated heterocycles. The summed E-state index contributed by atoms with van der Waals surface area (Å²) in [5, 5.41) is 11.1. The predicted octanol–water partition coefficient (Wildman–Crippen LogP) is 4.00. The van der Waals surface area contributed by atoms with Crippen molar-refractivity contribution in [3.8, 4) is 0 Å². The number of aryl methyl sites for hydroxylation is 1. The first-order valence-electron chi connectivity index (χ1n) is 9.18. The zero-order chi connectivity index (χ0) is 19.8. The number of hydrogen-bond donors (Lipinski definition) is 1. The van der Waals surface area contributed by atoms with Crippen LogP contribution >= 0.6 is 11.6 Å². The molecule has 1 amide bonds. The molecule has 0 saturated carbocycles. The summed E-state index contributed by atoms with van der Waals surface area (Å²) < 4.78 is 11.1. The molecule has 2 atom stereocenters. The van der Waals surface area contributed by atoms with E-state index in [-0.39, 0.29) is 24.0 Å². The summed E-state index contributed by atoms with van der Waals surface area (Å²) in [7, 11) is 0. The Hall–Kier alpha value is -2.57. The van der Waals surface area contributed by atoms with Crippen molar-refractivity contribution < 1.29 is 23.8 Å². The van der Waals surface area contributed by atoms with Gasteiger partial charge in [0.1, 0.15) is 5.76 Å². The molecule has 0 bridgehead atoms. The van der Waals surface area contributed by atoms with Crippen LogP contribution in [0.3, 0.4) is 0 Å². The lowest BCUT2D eigenvalue weighted by Gasteiger charge is -2.28. The lowest BCUT2D eigenvalue weighted by Crippen LogP contribution is -2.37. The number of nitrogens with zero attached hydrogens (tertiary/aromatic N) is 1. The summed E-state index contributed by atoms with van der Waals surface area (Å²) >= 11 is 6.15. The number of aliphatic hydroxyl groups excluding tert-OH is 1. The Labute approximate surface area is 167 Å². The number of ether oxygens (including phenoxy) is 1. The van der Waals surface area contributed by atoms with Crippen LogP contribution in [-0.4, -0.2) is 41.0 Å². The average molecular weight is 402 g/mol. The van der Waals surface area contributed by atoms with Gasteiger partial charge in [-0.25, -0.2) is 0 Å². The lowest BCUT2D eigenvalue weighted by molar-refractivity contribution is -0.131. The highest BCUT2D eigenvalue weighted by Crippen LogP contribution is 2.40. The van der Waals surface area contributed by atoms with E-state index >= 15 is 0 Å². The molecule has 3 heterocycles. The Morgan fingerprint density at radius 2 is 2.14 bits per heavy atom. The van der Waals surface area contributed by atoms with E-state index in [0.29, 0.717) is 23.0 Å². The second kappa shape index (κ2) is 7.45. The fourth-order valence-corrected chi connectivity index (χ4v) is 3.99. The molecule has 0 aliphatic carbocycles. The van der Waals surface area contributed by atoms with Crippen LogP contribution in [0, 0.1) is 6.92 Å². The van der Waals surface area contributed by atoms with Gasteiger partial charge in [-0.2, -0.15) is 0 Å². The van der Waals surface area contributed by atoms with Gasteiger partial charge in [0, 0.05) is 18.2 Å². The van der Waals surface area contributed by atoms with Gasteiger partial charge in [0.15, 0.2) is 11.5 Å². The van der Waals surface area contributed by atoms with E-state index in [2.05, 4.69) is 0 Å². The molecule has 1 aromatic carbocycles. The minimum Gasteiger partial charge on any atom is -0.503 e. The number of hydrogen-bond acceptors (Lipinski definition) is 5. The quantitative estimate of drug-likeness (QED) is 0.766. The van der Waals surface area contributed by atoms with E-state index in [1.54, 1.807) is 43.3 Å². The van der Waals surface area contributed by atoms with Crippen LogP contribution in [-0.2, 0) is 9.53 Å². The van der Waals surface area contributed by atoms with E-state index < -0.39 is 23.5 Å². The maximum atomic E-state index is 13.1. The molecule has 2 aromatic rings. The molecule has 0 unspecified atom stereocenters. The molecule has 28 heavy (non-hydrogen) atoms. The topological polar surface area (TPSA) is 80.0 Å². The van der Waals surface area contributed by atoms with Crippen LogP contribution in [0.1, 0.15) is 40.8 Å². The van der Waals surface area contributed by atoms with Gasteiger partial charge in [-0.15, -0.1) is 0 Å². The summed E-state index contributed by atoms with van der Waals surface area (Å²) in [5.41, 5.74) is 0.647. The van der Waals surface area contributed by atoms with Crippen LogP contribution in [0.15, 0.2) is 52.1 Å². The minimum atomic E-state index is -0.756. The van der Waals surface area contributed by atoms with E-state index in [1.165, 1.54) is 4.90 Å². The molecule has 1 fully saturated rings. The molecule has 2 aliphatic heterocycles. The largest absolute Gasteiger partial charge is 0.503 e. The van der Waals surface area contributed by atoms with Gasteiger partial charge in [-0.1, -0.05) is 23.7 Å². The number of ketones is 1. The molecule has 0 radical (unpaired) electrons.